The van der Waals surface area contributed by atoms with Crippen LogP contribution in [0, 0.1) is 11.3 Å². The first-order chi connectivity index (χ1) is 16.7. The highest BCUT2D eigenvalue weighted by Crippen LogP contribution is 2.35. The van der Waals surface area contributed by atoms with E-state index < -0.39 is 0 Å². The first-order valence-electron chi connectivity index (χ1n) is 10.9. The normalized spacial score (nSPS) is 15.2. The summed E-state index contributed by atoms with van der Waals surface area (Å²) in [7, 11) is 0. The third-order valence-corrected chi connectivity index (χ3v) is 6.15. The molecule has 3 aromatic heterocycles. The van der Waals surface area contributed by atoms with Crippen molar-refractivity contribution in [3.63, 3.8) is 0 Å². The second kappa shape index (κ2) is 7.83. The van der Waals surface area contributed by atoms with E-state index in [1.807, 2.05) is 24.3 Å². The van der Waals surface area contributed by atoms with Gasteiger partial charge in [0.1, 0.15) is 17.6 Å². The van der Waals surface area contributed by atoms with Crippen LogP contribution in [0.5, 0.6) is 5.75 Å². The summed E-state index contributed by atoms with van der Waals surface area (Å²) in [5.41, 5.74) is 3.54. The van der Waals surface area contributed by atoms with Gasteiger partial charge in [0.25, 0.3) is 0 Å². The quantitative estimate of drug-likeness (QED) is 0.442. The lowest BCUT2D eigenvalue weighted by atomic mass is 10.0. The number of hydrogen-bond donors (Lipinski definition) is 1. The van der Waals surface area contributed by atoms with Crippen molar-refractivity contribution in [2.24, 2.45) is 0 Å². The number of hydrogen-bond acceptors (Lipinski definition) is 7. The van der Waals surface area contributed by atoms with Crippen molar-refractivity contribution < 1.29 is 9.84 Å². The minimum absolute atomic E-state index is 0.134. The van der Waals surface area contributed by atoms with Crippen LogP contribution in [0.25, 0.3) is 28.1 Å². The summed E-state index contributed by atoms with van der Waals surface area (Å²) in [4.78, 5) is 27.2. The monoisotopic (exact) mass is 453 g/mol. The van der Waals surface area contributed by atoms with Crippen LogP contribution in [0.3, 0.4) is 0 Å². The molecule has 6 rings (SSSR count). The fraction of sp³-hybridized carbons (Fsp3) is 0.208. The van der Waals surface area contributed by atoms with E-state index in [9.17, 15) is 15.2 Å². The molecule has 0 saturated heterocycles. The highest BCUT2D eigenvalue weighted by Gasteiger charge is 2.28. The zero-order valence-electron chi connectivity index (χ0n) is 18.0. The number of nitriles is 1. The van der Waals surface area contributed by atoms with E-state index >= 15 is 0 Å². The van der Waals surface area contributed by atoms with Crippen LogP contribution in [-0.4, -0.2) is 47.0 Å². The number of benzene rings is 2. The number of aliphatic hydroxyl groups excluding tert-OH is 1. The Labute approximate surface area is 192 Å². The van der Waals surface area contributed by atoms with Gasteiger partial charge >= 0.3 is 5.69 Å². The van der Waals surface area contributed by atoms with E-state index in [1.54, 1.807) is 39.9 Å². The van der Waals surface area contributed by atoms with Crippen LogP contribution < -0.4 is 10.4 Å². The third kappa shape index (κ3) is 2.98. The number of para-hydroxylation sites is 1. The summed E-state index contributed by atoms with van der Waals surface area (Å²) >= 11 is 0. The fourth-order valence-electron chi connectivity index (χ4n) is 4.59. The molecule has 1 atom stereocenters. The molecule has 1 N–H and O–H groups in total. The molecule has 0 aliphatic carbocycles. The van der Waals surface area contributed by atoms with Gasteiger partial charge in [-0.05, 0) is 24.3 Å². The Balaban J connectivity index is 1.60. The van der Waals surface area contributed by atoms with E-state index in [0.29, 0.717) is 46.7 Å². The molecule has 0 spiro atoms. The first-order valence-corrected chi connectivity index (χ1v) is 10.9. The third-order valence-electron chi connectivity index (χ3n) is 6.15. The topological polar surface area (TPSA) is 124 Å². The van der Waals surface area contributed by atoms with E-state index in [0.717, 1.165) is 11.3 Å². The number of fused-ring (bicyclic) bond motifs is 3. The highest BCUT2D eigenvalue weighted by atomic mass is 16.5. The largest absolute Gasteiger partial charge is 0.493 e. The molecule has 168 valence electrons. The number of nitrogens with zero attached hydrogens (tertiary/aromatic N) is 7. The lowest BCUT2D eigenvalue weighted by molar-refractivity contribution is 0.253. The molecule has 5 aromatic rings. The molecular weight excluding hydrogens is 434 g/mol. The second-order valence-corrected chi connectivity index (χ2v) is 8.03. The van der Waals surface area contributed by atoms with E-state index in [-0.39, 0.29) is 24.9 Å². The second-order valence-electron chi connectivity index (χ2n) is 8.03. The zero-order chi connectivity index (χ0) is 23.2. The maximum Gasteiger partial charge on any atom is 0.331 e. The van der Waals surface area contributed by atoms with Crippen molar-refractivity contribution in [2.75, 3.05) is 13.2 Å². The molecule has 34 heavy (non-hydrogen) atoms. The number of rotatable bonds is 4. The zero-order valence-corrected chi connectivity index (χ0v) is 18.0. The Bertz CT molecular complexity index is 1660. The van der Waals surface area contributed by atoms with E-state index in [4.69, 9.17) is 9.72 Å². The average molecular weight is 453 g/mol. The molecule has 0 radical (unpaired) electrons. The molecule has 0 bridgehead atoms. The molecule has 1 aliphatic rings. The van der Waals surface area contributed by atoms with Crippen molar-refractivity contribution in [1.82, 2.24) is 28.7 Å². The first kappa shape index (κ1) is 20.1. The molecule has 0 amide bonds. The molecule has 0 unspecified atom stereocenters. The van der Waals surface area contributed by atoms with Gasteiger partial charge in [-0.1, -0.05) is 18.2 Å². The summed E-state index contributed by atoms with van der Waals surface area (Å²) in [5.74, 6) is 1.08. The predicted molar refractivity (Wildman–Crippen MR) is 123 cm³/mol. The minimum atomic E-state index is -0.271. The van der Waals surface area contributed by atoms with E-state index in [2.05, 4.69) is 16.0 Å². The SMILES string of the molecule is N#Cc1ccc2ncn(-c3ncc4c(n3)n([C@@H]3CCOc5ccccc53)c(=O)n4CCO)c2c1. The van der Waals surface area contributed by atoms with Crippen molar-refractivity contribution in [2.45, 2.75) is 19.0 Å². The van der Waals surface area contributed by atoms with E-state index in [1.165, 1.54) is 4.57 Å². The van der Waals surface area contributed by atoms with Crippen LogP contribution in [0.1, 0.15) is 23.6 Å². The molecular formula is C24H19N7O3. The number of aromatic nitrogens is 6. The van der Waals surface area contributed by atoms with Gasteiger partial charge in [0, 0.05) is 12.0 Å². The van der Waals surface area contributed by atoms with Crippen molar-refractivity contribution in [3.05, 3.63) is 76.6 Å². The van der Waals surface area contributed by atoms with Gasteiger partial charge in [-0.15, -0.1) is 0 Å². The number of imidazole rings is 2. The molecule has 2 aromatic carbocycles. The van der Waals surface area contributed by atoms with Gasteiger partial charge in [0.05, 0.1) is 54.7 Å². The highest BCUT2D eigenvalue weighted by molar-refractivity contribution is 5.79. The summed E-state index contributed by atoms with van der Waals surface area (Å²) < 4.78 is 10.7. The minimum Gasteiger partial charge on any atom is -0.493 e. The van der Waals surface area contributed by atoms with Crippen LogP contribution in [0.15, 0.2) is 59.8 Å². The smallest absolute Gasteiger partial charge is 0.331 e. The molecule has 4 heterocycles. The van der Waals surface area contributed by atoms with Gasteiger partial charge in [0.15, 0.2) is 5.65 Å². The Kier molecular flexibility index (Phi) is 4.64. The molecule has 10 heteroatoms. The summed E-state index contributed by atoms with van der Waals surface area (Å²) in [5, 5.41) is 18.9. The van der Waals surface area contributed by atoms with Crippen LogP contribution in [0.2, 0.25) is 0 Å². The van der Waals surface area contributed by atoms with Gasteiger partial charge < -0.3 is 9.84 Å². The van der Waals surface area contributed by atoms with Gasteiger partial charge in [-0.3, -0.25) is 13.7 Å². The van der Waals surface area contributed by atoms with Crippen molar-refractivity contribution in [1.29, 1.82) is 5.26 Å². The predicted octanol–water partition coefficient (Wildman–Crippen LogP) is 2.17. The fourth-order valence-corrected chi connectivity index (χ4v) is 4.59. The van der Waals surface area contributed by atoms with Gasteiger partial charge in [-0.2, -0.15) is 10.2 Å². The molecule has 0 fully saturated rings. The summed E-state index contributed by atoms with van der Waals surface area (Å²) in [6.45, 7) is 0.422. The van der Waals surface area contributed by atoms with Crippen LogP contribution in [-0.2, 0) is 6.54 Å². The van der Waals surface area contributed by atoms with Crippen molar-refractivity contribution >= 4 is 22.2 Å². The molecule has 10 nitrogen and oxygen atoms in total. The van der Waals surface area contributed by atoms with Crippen LogP contribution >= 0.6 is 0 Å². The lowest BCUT2D eigenvalue weighted by Gasteiger charge is -2.26. The van der Waals surface area contributed by atoms with Gasteiger partial charge in [-0.25, -0.2) is 14.8 Å². The Morgan fingerprint density at radius 1 is 1.18 bits per heavy atom. The standard InChI is InChI=1S/C24H19N7O3/c25-12-15-5-6-17-19(11-15)30(14-27-17)23-26-13-20-22(28-23)31(24(33)29(20)8-9-32)18-7-10-34-21-4-2-1-3-16(18)21/h1-6,11,13-14,18,32H,7-10H2/t18-/m1/s1. The number of aliphatic hydroxyl groups is 1. The maximum atomic E-state index is 13.5. The Morgan fingerprint density at radius 2 is 2.06 bits per heavy atom. The van der Waals surface area contributed by atoms with Crippen molar-refractivity contribution in [3.8, 4) is 17.8 Å². The van der Waals surface area contributed by atoms with Gasteiger partial charge in [0.2, 0.25) is 5.95 Å². The lowest BCUT2D eigenvalue weighted by Crippen LogP contribution is -2.31. The molecule has 1 aliphatic heterocycles. The van der Waals surface area contributed by atoms with Crippen LogP contribution in [0.4, 0.5) is 0 Å². The summed E-state index contributed by atoms with van der Waals surface area (Å²) in [6.07, 6.45) is 3.80. The maximum absolute atomic E-state index is 13.5. The Morgan fingerprint density at radius 3 is 2.91 bits per heavy atom. The Hall–Kier alpha value is -4.49. The molecule has 0 saturated carbocycles. The average Bonchev–Trinajstić information content (AvgIpc) is 3.42. The number of ether oxygens (including phenoxy) is 1. The summed E-state index contributed by atoms with van der Waals surface area (Å²) in [6, 6.07) is 14.7.